The van der Waals surface area contributed by atoms with Gasteiger partial charge in [-0.3, -0.25) is 5.01 Å². The Morgan fingerprint density at radius 3 is 2.46 bits per heavy atom. The molecule has 1 atom stereocenters. The number of nitroso groups, excluding NO2 is 2. The largest absolute Gasteiger partial charge is 0.480 e. The summed E-state index contributed by atoms with van der Waals surface area (Å²) in [5, 5.41) is 15.7. The maximum Gasteiger partial charge on any atom is 0.330 e. The molecule has 8 nitrogen and oxygen atoms in total. The number of carbonyl (C=O) groups is 1. The molecular weight excluding hydrogens is 180 g/mol. The molecule has 0 aromatic carbocycles. The molecule has 0 amide bonds. The number of aliphatic carboxylic acids is 1. The summed E-state index contributed by atoms with van der Waals surface area (Å²) in [5.41, 5.74) is 0. The summed E-state index contributed by atoms with van der Waals surface area (Å²) in [4.78, 5) is 30.8. The second-order valence-corrected chi connectivity index (χ2v) is 2.59. The monoisotopic (exact) mass is 188 g/mol. The Balaban J connectivity index is 2.67. The minimum absolute atomic E-state index is 0.103. The average molecular weight is 188 g/mol. The first kappa shape index (κ1) is 9.36. The molecule has 0 aromatic heterocycles. The number of carboxylic acids is 1. The Kier molecular flexibility index (Phi) is 2.72. The van der Waals surface area contributed by atoms with Gasteiger partial charge in [0.1, 0.15) is 0 Å². The molecule has 0 aromatic rings. The molecule has 1 N–H and O–H groups in total. The van der Waals surface area contributed by atoms with Crippen LogP contribution >= 0.6 is 0 Å². The van der Waals surface area contributed by atoms with Crippen LogP contribution in [0.5, 0.6) is 0 Å². The number of hydrogen-bond donors (Lipinski definition) is 1. The molecule has 0 aliphatic carbocycles. The van der Waals surface area contributed by atoms with Gasteiger partial charge in [-0.15, -0.1) is 9.81 Å². The third-order valence-corrected chi connectivity index (χ3v) is 1.84. The Bertz CT molecular complexity index is 233. The summed E-state index contributed by atoms with van der Waals surface area (Å²) < 4.78 is 0. The van der Waals surface area contributed by atoms with Crippen molar-refractivity contribution in [2.45, 2.75) is 6.04 Å². The second-order valence-electron chi connectivity index (χ2n) is 2.59. The van der Waals surface area contributed by atoms with Crippen LogP contribution in [0.15, 0.2) is 10.6 Å². The normalized spacial score (nSPS) is 22.6. The molecule has 8 heteroatoms. The predicted octanol–water partition coefficient (Wildman–Crippen LogP) is -0.580. The van der Waals surface area contributed by atoms with E-state index in [4.69, 9.17) is 5.11 Å². The highest BCUT2D eigenvalue weighted by Crippen LogP contribution is 2.10. The van der Waals surface area contributed by atoms with Crippen LogP contribution in [0.4, 0.5) is 0 Å². The van der Waals surface area contributed by atoms with E-state index in [1.165, 1.54) is 0 Å². The molecule has 1 saturated heterocycles. The lowest BCUT2D eigenvalue weighted by Crippen LogP contribution is -2.52. The zero-order chi connectivity index (χ0) is 9.84. The summed E-state index contributed by atoms with van der Waals surface area (Å²) in [6, 6.07) is -1.08. The van der Waals surface area contributed by atoms with E-state index in [1.807, 2.05) is 0 Å². The Hall–Kier alpha value is -1.73. The molecule has 1 aliphatic heterocycles. The van der Waals surface area contributed by atoms with Crippen molar-refractivity contribution in [3.05, 3.63) is 9.81 Å². The van der Waals surface area contributed by atoms with Gasteiger partial charge in [0.15, 0.2) is 6.04 Å². The first-order valence-corrected chi connectivity index (χ1v) is 3.60. The van der Waals surface area contributed by atoms with E-state index < -0.39 is 12.0 Å². The molecule has 0 spiro atoms. The zero-order valence-corrected chi connectivity index (χ0v) is 6.66. The van der Waals surface area contributed by atoms with Gasteiger partial charge in [0.2, 0.25) is 0 Å². The van der Waals surface area contributed by atoms with Crippen LogP contribution in [0.3, 0.4) is 0 Å². The Morgan fingerprint density at radius 2 is 2.00 bits per heavy atom. The predicted molar refractivity (Wildman–Crippen MR) is 41.3 cm³/mol. The minimum Gasteiger partial charge on any atom is -0.480 e. The lowest BCUT2D eigenvalue weighted by Gasteiger charge is -2.31. The van der Waals surface area contributed by atoms with E-state index in [0.29, 0.717) is 0 Å². The summed E-state index contributed by atoms with van der Waals surface area (Å²) in [5.74, 6) is -1.19. The van der Waals surface area contributed by atoms with Crippen LogP contribution in [0, 0.1) is 9.81 Å². The SMILES string of the molecule is O=NN1CCN(N=O)C(C(=O)O)C1. The topological polar surface area (TPSA) is 103 Å². The molecular formula is C5H8N4O4. The van der Waals surface area contributed by atoms with E-state index >= 15 is 0 Å². The zero-order valence-electron chi connectivity index (χ0n) is 6.66. The minimum atomic E-state index is -1.19. The highest BCUT2D eigenvalue weighted by atomic mass is 16.4. The van der Waals surface area contributed by atoms with Crippen LogP contribution in [0.25, 0.3) is 0 Å². The molecule has 72 valence electrons. The smallest absolute Gasteiger partial charge is 0.330 e. The molecule has 1 fully saturated rings. The average Bonchev–Trinajstić information content (AvgIpc) is 2.16. The fraction of sp³-hybridized carbons (Fsp3) is 0.800. The first-order chi connectivity index (χ1) is 6.19. The standard InChI is InChI=1S/C5H8N4O4/c10-5(11)4-3-8(6-12)1-2-9(4)7-13/h4H,1-3H2,(H,10,11). The Morgan fingerprint density at radius 1 is 1.31 bits per heavy atom. The van der Waals surface area contributed by atoms with Crippen molar-refractivity contribution in [2.24, 2.45) is 10.6 Å². The molecule has 1 rings (SSSR count). The van der Waals surface area contributed by atoms with E-state index in [1.54, 1.807) is 0 Å². The van der Waals surface area contributed by atoms with Crippen molar-refractivity contribution in [1.82, 2.24) is 10.0 Å². The van der Waals surface area contributed by atoms with E-state index in [-0.39, 0.29) is 19.6 Å². The van der Waals surface area contributed by atoms with Gasteiger partial charge in [-0.2, -0.15) is 0 Å². The number of hydrogen-bond acceptors (Lipinski definition) is 5. The molecule has 0 radical (unpaired) electrons. The van der Waals surface area contributed by atoms with Crippen LogP contribution in [-0.2, 0) is 4.79 Å². The summed E-state index contributed by atoms with van der Waals surface area (Å²) in [6.07, 6.45) is 0. The van der Waals surface area contributed by atoms with Crippen molar-refractivity contribution in [2.75, 3.05) is 19.6 Å². The van der Waals surface area contributed by atoms with Crippen molar-refractivity contribution in [3.63, 3.8) is 0 Å². The van der Waals surface area contributed by atoms with Crippen LogP contribution in [0.1, 0.15) is 0 Å². The molecule has 1 unspecified atom stereocenters. The molecule has 1 aliphatic rings. The third-order valence-electron chi connectivity index (χ3n) is 1.84. The number of nitrogens with zero attached hydrogens (tertiary/aromatic N) is 4. The van der Waals surface area contributed by atoms with Crippen LogP contribution in [-0.4, -0.2) is 46.8 Å². The fourth-order valence-electron chi connectivity index (χ4n) is 1.14. The van der Waals surface area contributed by atoms with Gasteiger partial charge >= 0.3 is 5.97 Å². The Labute approximate surface area is 73.0 Å². The summed E-state index contributed by atoms with van der Waals surface area (Å²) >= 11 is 0. The highest BCUT2D eigenvalue weighted by Gasteiger charge is 2.32. The van der Waals surface area contributed by atoms with Gasteiger partial charge in [0.05, 0.1) is 30.2 Å². The number of piperazine rings is 1. The van der Waals surface area contributed by atoms with E-state index in [2.05, 4.69) is 10.6 Å². The van der Waals surface area contributed by atoms with Crippen LogP contribution < -0.4 is 0 Å². The summed E-state index contributed by atoms with van der Waals surface area (Å²) in [6.45, 7) is 0.218. The van der Waals surface area contributed by atoms with Gasteiger partial charge in [0, 0.05) is 0 Å². The van der Waals surface area contributed by atoms with Gasteiger partial charge in [-0.1, -0.05) is 0 Å². The van der Waals surface area contributed by atoms with Crippen molar-refractivity contribution in [3.8, 4) is 0 Å². The van der Waals surface area contributed by atoms with Crippen LogP contribution in [0.2, 0.25) is 0 Å². The number of carboxylic acid groups (broad SMARTS) is 1. The maximum absolute atomic E-state index is 10.6. The van der Waals surface area contributed by atoms with Crippen molar-refractivity contribution < 1.29 is 9.90 Å². The molecule has 1 heterocycles. The van der Waals surface area contributed by atoms with Gasteiger partial charge in [-0.25, -0.2) is 9.80 Å². The van der Waals surface area contributed by atoms with Crippen molar-refractivity contribution in [1.29, 1.82) is 0 Å². The third kappa shape index (κ3) is 1.89. The van der Waals surface area contributed by atoms with Gasteiger partial charge in [0.25, 0.3) is 0 Å². The number of rotatable bonds is 3. The molecule has 13 heavy (non-hydrogen) atoms. The van der Waals surface area contributed by atoms with Crippen molar-refractivity contribution >= 4 is 5.97 Å². The van der Waals surface area contributed by atoms with Gasteiger partial charge < -0.3 is 5.11 Å². The maximum atomic E-state index is 10.6. The lowest BCUT2D eigenvalue weighted by atomic mass is 10.2. The van der Waals surface area contributed by atoms with E-state index in [0.717, 1.165) is 10.0 Å². The summed E-state index contributed by atoms with van der Waals surface area (Å²) in [7, 11) is 0. The second kappa shape index (κ2) is 3.78. The van der Waals surface area contributed by atoms with Gasteiger partial charge in [-0.05, 0) is 0 Å². The first-order valence-electron chi connectivity index (χ1n) is 3.60. The molecule has 0 saturated carbocycles. The fourth-order valence-corrected chi connectivity index (χ4v) is 1.14. The lowest BCUT2D eigenvalue weighted by molar-refractivity contribution is -0.146. The highest BCUT2D eigenvalue weighted by molar-refractivity contribution is 5.73. The van der Waals surface area contributed by atoms with E-state index in [9.17, 15) is 14.6 Å². The molecule has 0 bridgehead atoms. The quantitative estimate of drug-likeness (QED) is 0.594.